The molecule has 2 aromatic heterocycles. The van der Waals surface area contributed by atoms with E-state index in [0.717, 1.165) is 48.2 Å². The molecule has 0 unspecified atom stereocenters. The lowest BCUT2D eigenvalue weighted by molar-refractivity contribution is -0.119. The highest BCUT2D eigenvalue weighted by Gasteiger charge is 2.25. The molecule has 0 aromatic carbocycles. The van der Waals surface area contributed by atoms with E-state index in [1.165, 1.54) is 31.0 Å². The van der Waals surface area contributed by atoms with E-state index < -0.39 is 0 Å². The molecule has 2 fully saturated rings. The monoisotopic (exact) mass is 418 g/mol. The van der Waals surface area contributed by atoms with Crippen LogP contribution in [0.25, 0.3) is 11.4 Å². The van der Waals surface area contributed by atoms with Gasteiger partial charge in [0, 0.05) is 12.6 Å². The van der Waals surface area contributed by atoms with Crippen LogP contribution in [0.4, 0.5) is 0 Å². The SMILES string of the molecule is Cc1occc1-c1nnc(SCC(=O)N[C@@H]2CCCC[C@H]2C)n1C[C@H]1CCCO1. The van der Waals surface area contributed by atoms with Gasteiger partial charge in [-0.2, -0.15) is 0 Å². The summed E-state index contributed by atoms with van der Waals surface area (Å²) in [5, 5.41) is 12.8. The summed E-state index contributed by atoms with van der Waals surface area (Å²) in [6.45, 7) is 5.65. The van der Waals surface area contributed by atoms with E-state index >= 15 is 0 Å². The molecule has 1 saturated heterocycles. The van der Waals surface area contributed by atoms with Gasteiger partial charge in [0.25, 0.3) is 0 Å². The molecule has 3 heterocycles. The molecule has 0 bridgehead atoms. The lowest BCUT2D eigenvalue weighted by atomic mass is 9.86. The van der Waals surface area contributed by atoms with E-state index in [1.54, 1.807) is 6.26 Å². The minimum absolute atomic E-state index is 0.0708. The summed E-state index contributed by atoms with van der Waals surface area (Å²) < 4.78 is 13.4. The second-order valence-corrected chi connectivity index (χ2v) is 9.11. The van der Waals surface area contributed by atoms with E-state index in [0.29, 0.717) is 24.3 Å². The van der Waals surface area contributed by atoms with Crippen LogP contribution in [0, 0.1) is 12.8 Å². The maximum atomic E-state index is 12.5. The van der Waals surface area contributed by atoms with Gasteiger partial charge in [0.1, 0.15) is 5.76 Å². The fraction of sp³-hybridized carbons (Fsp3) is 0.667. The lowest BCUT2D eigenvalue weighted by Gasteiger charge is -2.29. The first-order valence-electron chi connectivity index (χ1n) is 10.6. The Morgan fingerprint density at radius 1 is 1.28 bits per heavy atom. The Morgan fingerprint density at radius 2 is 2.14 bits per heavy atom. The topological polar surface area (TPSA) is 82.2 Å². The van der Waals surface area contributed by atoms with Crippen LogP contribution in [0.2, 0.25) is 0 Å². The van der Waals surface area contributed by atoms with Gasteiger partial charge in [-0.25, -0.2) is 0 Å². The van der Waals surface area contributed by atoms with E-state index in [-0.39, 0.29) is 12.0 Å². The van der Waals surface area contributed by atoms with E-state index in [2.05, 4.69) is 27.0 Å². The van der Waals surface area contributed by atoms with Gasteiger partial charge in [-0.1, -0.05) is 31.5 Å². The van der Waals surface area contributed by atoms with Gasteiger partial charge in [-0.3, -0.25) is 9.36 Å². The van der Waals surface area contributed by atoms with Gasteiger partial charge in [0.2, 0.25) is 5.91 Å². The van der Waals surface area contributed by atoms with Crippen molar-refractivity contribution in [1.29, 1.82) is 0 Å². The summed E-state index contributed by atoms with van der Waals surface area (Å²) in [5.74, 6) is 2.55. The Labute approximate surface area is 176 Å². The van der Waals surface area contributed by atoms with Crippen LogP contribution in [-0.2, 0) is 16.1 Å². The van der Waals surface area contributed by atoms with Gasteiger partial charge in [-0.15, -0.1) is 10.2 Å². The molecule has 158 valence electrons. The highest BCUT2D eigenvalue weighted by atomic mass is 32.2. The zero-order valence-electron chi connectivity index (χ0n) is 17.2. The molecule has 1 N–H and O–H groups in total. The summed E-state index contributed by atoms with van der Waals surface area (Å²) in [6, 6.07) is 2.21. The number of rotatable bonds is 7. The third-order valence-electron chi connectivity index (χ3n) is 6.02. The van der Waals surface area contributed by atoms with Crippen molar-refractivity contribution >= 4 is 17.7 Å². The van der Waals surface area contributed by atoms with Crippen molar-refractivity contribution in [2.45, 2.75) is 76.2 Å². The average molecular weight is 419 g/mol. The third-order valence-corrected chi connectivity index (χ3v) is 6.98. The molecule has 7 nitrogen and oxygen atoms in total. The quantitative estimate of drug-likeness (QED) is 0.689. The van der Waals surface area contributed by atoms with Crippen molar-refractivity contribution in [1.82, 2.24) is 20.1 Å². The normalized spacial score (nSPS) is 24.7. The van der Waals surface area contributed by atoms with E-state index in [9.17, 15) is 4.79 Å². The first kappa shape index (κ1) is 20.5. The van der Waals surface area contributed by atoms with Crippen LogP contribution in [0.3, 0.4) is 0 Å². The minimum Gasteiger partial charge on any atom is -0.469 e. The number of hydrogen-bond acceptors (Lipinski definition) is 6. The van der Waals surface area contributed by atoms with Crippen LogP contribution in [0.1, 0.15) is 51.2 Å². The predicted octanol–water partition coefficient (Wildman–Crippen LogP) is 3.81. The number of aromatic nitrogens is 3. The van der Waals surface area contributed by atoms with Crippen LogP contribution in [-0.4, -0.2) is 45.2 Å². The number of amides is 1. The van der Waals surface area contributed by atoms with Gasteiger partial charge >= 0.3 is 0 Å². The highest BCUT2D eigenvalue weighted by Crippen LogP contribution is 2.29. The van der Waals surface area contributed by atoms with Crippen molar-refractivity contribution in [3.05, 3.63) is 18.1 Å². The molecule has 1 saturated carbocycles. The van der Waals surface area contributed by atoms with Gasteiger partial charge in [0.05, 0.1) is 30.2 Å². The van der Waals surface area contributed by atoms with E-state index in [1.807, 2.05) is 13.0 Å². The molecule has 2 aromatic rings. The summed E-state index contributed by atoms with van der Waals surface area (Å²) in [5.41, 5.74) is 0.933. The number of ether oxygens (including phenoxy) is 1. The molecule has 0 radical (unpaired) electrons. The largest absolute Gasteiger partial charge is 0.469 e. The molecular formula is C21H30N4O3S. The Bertz CT molecular complexity index is 828. The second kappa shape index (κ2) is 9.34. The standard InChI is InChI=1S/C21H30N4O3S/c1-14-6-3-4-8-18(14)22-19(26)13-29-21-24-23-20(17-9-11-27-15(17)2)25(21)12-16-7-5-10-28-16/h9,11,14,16,18H,3-8,10,12-13H2,1-2H3,(H,22,26)/t14-,16-,18-/m1/s1. The Kier molecular flexibility index (Phi) is 6.60. The average Bonchev–Trinajstić information content (AvgIpc) is 3.44. The van der Waals surface area contributed by atoms with Crippen LogP contribution >= 0.6 is 11.8 Å². The first-order chi connectivity index (χ1) is 14.1. The summed E-state index contributed by atoms with van der Waals surface area (Å²) in [7, 11) is 0. The van der Waals surface area contributed by atoms with Gasteiger partial charge < -0.3 is 14.5 Å². The molecule has 3 atom stereocenters. The third kappa shape index (κ3) is 4.86. The van der Waals surface area contributed by atoms with E-state index in [4.69, 9.17) is 9.15 Å². The molecule has 4 rings (SSSR count). The number of hydrogen-bond donors (Lipinski definition) is 1. The van der Waals surface area contributed by atoms with Crippen LogP contribution < -0.4 is 5.32 Å². The highest BCUT2D eigenvalue weighted by molar-refractivity contribution is 7.99. The molecule has 2 aliphatic rings. The molecule has 8 heteroatoms. The number of carbonyl (C=O) groups excluding carboxylic acids is 1. The second-order valence-electron chi connectivity index (χ2n) is 8.17. The van der Waals surface area contributed by atoms with Crippen LogP contribution in [0.15, 0.2) is 21.9 Å². The maximum Gasteiger partial charge on any atom is 0.230 e. The van der Waals surface area contributed by atoms with Crippen LogP contribution in [0.5, 0.6) is 0 Å². The molecule has 1 amide bonds. The minimum atomic E-state index is 0.0708. The molecule has 0 spiro atoms. The molecule has 29 heavy (non-hydrogen) atoms. The smallest absolute Gasteiger partial charge is 0.230 e. The summed E-state index contributed by atoms with van der Waals surface area (Å²) in [6.07, 6.45) is 8.69. The summed E-state index contributed by atoms with van der Waals surface area (Å²) in [4.78, 5) is 12.5. The molecular weight excluding hydrogens is 388 g/mol. The van der Waals surface area contributed by atoms with Gasteiger partial charge in [0.15, 0.2) is 11.0 Å². The lowest BCUT2D eigenvalue weighted by Crippen LogP contribution is -2.41. The first-order valence-corrected chi connectivity index (χ1v) is 11.6. The number of nitrogens with zero attached hydrogens (tertiary/aromatic N) is 3. The maximum absolute atomic E-state index is 12.5. The zero-order valence-corrected chi connectivity index (χ0v) is 18.0. The van der Waals surface area contributed by atoms with Crippen molar-refractivity contribution in [2.75, 3.05) is 12.4 Å². The predicted molar refractivity (Wildman–Crippen MR) is 112 cm³/mol. The summed E-state index contributed by atoms with van der Waals surface area (Å²) >= 11 is 1.44. The Balaban J connectivity index is 1.45. The molecule has 1 aliphatic carbocycles. The molecule has 1 aliphatic heterocycles. The van der Waals surface area contributed by atoms with Crippen molar-refractivity contribution in [3.63, 3.8) is 0 Å². The van der Waals surface area contributed by atoms with Crippen molar-refractivity contribution in [2.24, 2.45) is 5.92 Å². The number of nitrogens with one attached hydrogen (secondary N) is 1. The Morgan fingerprint density at radius 3 is 2.86 bits per heavy atom. The van der Waals surface area contributed by atoms with Gasteiger partial charge in [-0.05, 0) is 44.6 Å². The van der Waals surface area contributed by atoms with Crippen molar-refractivity contribution < 1.29 is 13.9 Å². The number of thioether (sulfide) groups is 1. The number of aryl methyl sites for hydroxylation is 1. The Hall–Kier alpha value is -1.80. The number of carbonyl (C=O) groups is 1. The van der Waals surface area contributed by atoms with Crippen molar-refractivity contribution in [3.8, 4) is 11.4 Å². The fourth-order valence-corrected chi connectivity index (χ4v) is 5.04. The fourth-order valence-electron chi connectivity index (χ4n) is 4.28. The number of furan rings is 1. The zero-order chi connectivity index (χ0) is 20.2.